The van der Waals surface area contributed by atoms with Gasteiger partial charge in [0.25, 0.3) is 0 Å². The Morgan fingerprint density at radius 3 is 2.50 bits per heavy atom. The predicted octanol–water partition coefficient (Wildman–Crippen LogP) is 4.86. The highest BCUT2D eigenvalue weighted by molar-refractivity contribution is 5.71. The molecule has 0 amide bonds. The van der Waals surface area contributed by atoms with Gasteiger partial charge in [-0.3, -0.25) is 0 Å². The van der Waals surface area contributed by atoms with E-state index in [1.54, 1.807) is 7.11 Å². The number of anilines is 1. The summed E-state index contributed by atoms with van der Waals surface area (Å²) in [6, 6.07) is 16.9. The van der Waals surface area contributed by atoms with Gasteiger partial charge in [-0.15, -0.1) is 0 Å². The highest BCUT2D eigenvalue weighted by Gasteiger charge is 2.21. The van der Waals surface area contributed by atoms with Crippen molar-refractivity contribution in [2.24, 2.45) is 0 Å². The fourth-order valence-electron chi connectivity index (χ4n) is 3.54. The lowest BCUT2D eigenvalue weighted by Crippen LogP contribution is -2.07. The van der Waals surface area contributed by atoms with Crippen LogP contribution in [-0.4, -0.2) is 23.4 Å². The monoisotopic (exact) mass is 347 g/mol. The van der Waals surface area contributed by atoms with E-state index in [-0.39, 0.29) is 0 Å². The zero-order chi connectivity index (χ0) is 17.9. The lowest BCUT2D eigenvalue weighted by atomic mass is 10.0. The molecule has 0 unspecified atom stereocenters. The van der Waals surface area contributed by atoms with Crippen LogP contribution in [0.5, 0.6) is 5.75 Å². The first kappa shape index (κ1) is 16.7. The Balaban J connectivity index is 1.82. The molecule has 1 aromatic heterocycles. The van der Waals surface area contributed by atoms with Gasteiger partial charge in [0, 0.05) is 17.7 Å². The van der Waals surface area contributed by atoms with Gasteiger partial charge < -0.3 is 10.1 Å². The summed E-state index contributed by atoms with van der Waals surface area (Å²) < 4.78 is 7.37. The van der Waals surface area contributed by atoms with Crippen molar-refractivity contribution in [3.05, 3.63) is 59.7 Å². The molecule has 2 heterocycles. The molecule has 134 valence electrons. The summed E-state index contributed by atoms with van der Waals surface area (Å²) in [6.07, 6.45) is 4.47. The van der Waals surface area contributed by atoms with E-state index in [4.69, 9.17) is 9.84 Å². The second kappa shape index (κ2) is 7.24. The lowest BCUT2D eigenvalue weighted by molar-refractivity contribution is 0.415. The van der Waals surface area contributed by atoms with Crippen LogP contribution in [0.2, 0.25) is 0 Å². The fraction of sp³-hybridized carbons (Fsp3) is 0.318. The molecule has 1 aliphatic rings. The van der Waals surface area contributed by atoms with Gasteiger partial charge in [0.15, 0.2) is 0 Å². The maximum atomic E-state index is 5.30. The van der Waals surface area contributed by atoms with E-state index < -0.39 is 0 Å². The number of hydrogen-bond acceptors (Lipinski definition) is 3. The Bertz CT molecular complexity index is 807. The molecule has 3 aromatic rings. The Hall–Kier alpha value is -2.75. The molecule has 4 nitrogen and oxygen atoms in total. The van der Waals surface area contributed by atoms with E-state index in [1.165, 1.54) is 24.0 Å². The number of nitrogens with zero attached hydrogens (tertiary/aromatic N) is 2. The minimum absolute atomic E-state index is 0.868. The van der Waals surface area contributed by atoms with Crippen molar-refractivity contribution in [1.82, 2.24) is 9.78 Å². The molecule has 0 spiro atoms. The Kier molecular flexibility index (Phi) is 4.65. The number of nitrogens with one attached hydrogen (secondary N) is 1. The fourth-order valence-corrected chi connectivity index (χ4v) is 3.54. The van der Waals surface area contributed by atoms with Crippen LogP contribution in [0, 0.1) is 0 Å². The third-order valence-corrected chi connectivity index (χ3v) is 5.08. The van der Waals surface area contributed by atoms with Crippen LogP contribution in [0.4, 0.5) is 5.82 Å². The van der Waals surface area contributed by atoms with Crippen LogP contribution in [0.3, 0.4) is 0 Å². The van der Waals surface area contributed by atoms with Crippen LogP contribution < -0.4 is 10.1 Å². The van der Waals surface area contributed by atoms with Crippen LogP contribution in [0.15, 0.2) is 48.5 Å². The molecule has 0 bridgehead atoms. The van der Waals surface area contributed by atoms with Crippen molar-refractivity contribution < 1.29 is 4.74 Å². The van der Waals surface area contributed by atoms with E-state index in [0.717, 1.165) is 47.9 Å². The van der Waals surface area contributed by atoms with Gasteiger partial charge in [0.05, 0.1) is 18.5 Å². The van der Waals surface area contributed by atoms with Gasteiger partial charge in [-0.05, 0) is 67.6 Å². The first-order chi connectivity index (χ1) is 12.8. The lowest BCUT2D eigenvalue weighted by Gasteiger charge is -2.09. The number of benzene rings is 2. The molecule has 2 aromatic carbocycles. The Morgan fingerprint density at radius 2 is 1.81 bits per heavy atom. The van der Waals surface area contributed by atoms with Gasteiger partial charge >= 0.3 is 0 Å². The van der Waals surface area contributed by atoms with E-state index in [1.807, 2.05) is 12.1 Å². The minimum Gasteiger partial charge on any atom is -0.497 e. The average molecular weight is 347 g/mol. The van der Waals surface area contributed by atoms with Crippen molar-refractivity contribution in [2.75, 3.05) is 19.0 Å². The second-order valence-corrected chi connectivity index (χ2v) is 6.72. The number of aryl methyl sites for hydroxylation is 1. The van der Waals surface area contributed by atoms with Gasteiger partial charge in [0.2, 0.25) is 0 Å². The maximum absolute atomic E-state index is 5.30. The molecule has 0 saturated heterocycles. The normalized spacial score (nSPS) is 13.6. The summed E-state index contributed by atoms with van der Waals surface area (Å²) in [5, 5.41) is 8.61. The summed E-state index contributed by atoms with van der Waals surface area (Å²) in [5.74, 6) is 2.00. The van der Waals surface area contributed by atoms with Crippen LogP contribution in [-0.2, 0) is 12.8 Å². The highest BCUT2D eigenvalue weighted by atomic mass is 16.5. The number of rotatable bonds is 4. The standard InChI is InChI=1S/C22H25N3O/c1-3-16-7-11-18(12-8-16)25-22-20(6-4-5-15-23-22)21(24-25)17-9-13-19(26-2)14-10-17/h7-14,23H,3-6,15H2,1-2H3. The predicted molar refractivity (Wildman–Crippen MR) is 106 cm³/mol. The molecular formula is C22H25N3O. The Labute approximate surface area is 154 Å². The third-order valence-electron chi connectivity index (χ3n) is 5.08. The maximum Gasteiger partial charge on any atom is 0.133 e. The number of aromatic nitrogens is 2. The summed E-state index contributed by atoms with van der Waals surface area (Å²) in [6.45, 7) is 3.17. The SMILES string of the molecule is CCc1ccc(-n2nc(-c3ccc(OC)cc3)c3c2NCCCC3)cc1. The van der Waals surface area contributed by atoms with E-state index in [0.29, 0.717) is 0 Å². The molecule has 4 rings (SSSR count). The van der Waals surface area contributed by atoms with Crippen molar-refractivity contribution in [2.45, 2.75) is 32.6 Å². The summed E-state index contributed by atoms with van der Waals surface area (Å²) in [7, 11) is 1.69. The Morgan fingerprint density at radius 1 is 1.04 bits per heavy atom. The average Bonchev–Trinajstić information content (AvgIpc) is 2.89. The number of methoxy groups -OCH3 is 1. The van der Waals surface area contributed by atoms with E-state index >= 15 is 0 Å². The van der Waals surface area contributed by atoms with Crippen LogP contribution in [0.25, 0.3) is 16.9 Å². The van der Waals surface area contributed by atoms with Crippen molar-refractivity contribution in [3.8, 4) is 22.7 Å². The number of fused-ring (bicyclic) bond motifs is 1. The number of ether oxygens (including phenoxy) is 1. The molecule has 0 aliphatic carbocycles. The first-order valence-electron chi connectivity index (χ1n) is 9.39. The summed E-state index contributed by atoms with van der Waals surface area (Å²) in [5.41, 5.74) is 5.96. The van der Waals surface area contributed by atoms with Crippen LogP contribution >= 0.6 is 0 Å². The summed E-state index contributed by atoms with van der Waals surface area (Å²) >= 11 is 0. The third kappa shape index (κ3) is 3.07. The van der Waals surface area contributed by atoms with Gasteiger partial charge in [-0.2, -0.15) is 5.10 Å². The zero-order valence-corrected chi connectivity index (χ0v) is 15.5. The smallest absolute Gasteiger partial charge is 0.133 e. The highest BCUT2D eigenvalue weighted by Crippen LogP contribution is 2.34. The van der Waals surface area contributed by atoms with E-state index in [9.17, 15) is 0 Å². The van der Waals surface area contributed by atoms with Crippen molar-refractivity contribution >= 4 is 5.82 Å². The van der Waals surface area contributed by atoms with E-state index in [2.05, 4.69) is 53.3 Å². The van der Waals surface area contributed by atoms with Gasteiger partial charge in [0.1, 0.15) is 11.6 Å². The first-order valence-corrected chi connectivity index (χ1v) is 9.39. The molecule has 1 N–H and O–H groups in total. The molecule has 0 atom stereocenters. The van der Waals surface area contributed by atoms with Crippen molar-refractivity contribution in [3.63, 3.8) is 0 Å². The zero-order valence-electron chi connectivity index (χ0n) is 15.5. The minimum atomic E-state index is 0.868. The molecule has 0 fully saturated rings. The van der Waals surface area contributed by atoms with Crippen molar-refractivity contribution in [1.29, 1.82) is 0 Å². The number of hydrogen-bond donors (Lipinski definition) is 1. The van der Waals surface area contributed by atoms with Gasteiger partial charge in [-0.25, -0.2) is 4.68 Å². The molecule has 4 heteroatoms. The second-order valence-electron chi connectivity index (χ2n) is 6.72. The molecule has 0 saturated carbocycles. The molecule has 26 heavy (non-hydrogen) atoms. The topological polar surface area (TPSA) is 39.1 Å². The molecular weight excluding hydrogens is 322 g/mol. The van der Waals surface area contributed by atoms with Gasteiger partial charge in [-0.1, -0.05) is 19.1 Å². The van der Waals surface area contributed by atoms with Crippen LogP contribution in [0.1, 0.15) is 30.9 Å². The largest absolute Gasteiger partial charge is 0.497 e. The quantitative estimate of drug-likeness (QED) is 0.733. The molecule has 0 radical (unpaired) electrons. The molecule has 1 aliphatic heterocycles. The summed E-state index contributed by atoms with van der Waals surface area (Å²) in [4.78, 5) is 0.